The third-order valence-corrected chi connectivity index (χ3v) is 10.0. The number of nitrogens with zero attached hydrogens (tertiary/aromatic N) is 2. The highest BCUT2D eigenvalue weighted by molar-refractivity contribution is 7.73. The fraction of sp³-hybridized carbons (Fsp3) is 0.323. The van der Waals surface area contributed by atoms with Crippen LogP contribution in [0.1, 0.15) is 46.3 Å². The van der Waals surface area contributed by atoms with E-state index < -0.39 is 7.92 Å². The number of ether oxygens (including phenoxy) is 1. The van der Waals surface area contributed by atoms with Crippen LogP contribution in [0.15, 0.2) is 79.0 Å². The van der Waals surface area contributed by atoms with E-state index in [1.807, 2.05) is 11.6 Å². The molecule has 5 rings (SSSR count). The Hall–Kier alpha value is -2.68. The van der Waals surface area contributed by atoms with Crippen molar-refractivity contribution in [2.75, 3.05) is 13.2 Å². The van der Waals surface area contributed by atoms with Crippen LogP contribution in [-0.2, 0) is 18.8 Å². The average Bonchev–Trinajstić information content (AvgIpc) is 3.53. The maximum Gasteiger partial charge on any atom is 0.166 e. The second kappa shape index (κ2) is 12.0. The van der Waals surface area contributed by atoms with Crippen LogP contribution < -0.4 is 21.0 Å². The van der Waals surface area contributed by atoms with Crippen molar-refractivity contribution in [3.63, 3.8) is 0 Å². The molecule has 1 saturated heterocycles. The number of imidazole rings is 1. The fourth-order valence-corrected chi connectivity index (χ4v) is 8.41. The van der Waals surface area contributed by atoms with Crippen LogP contribution in [-0.4, -0.2) is 25.6 Å². The van der Waals surface area contributed by atoms with Gasteiger partial charge in [-0.1, -0.05) is 78.4 Å². The molecule has 3 aromatic carbocycles. The molecular formula is C31H37BN2OP. The molecule has 0 saturated carbocycles. The minimum atomic E-state index is -0.775. The summed E-state index contributed by atoms with van der Waals surface area (Å²) in [5.74, 6) is 0. The molecule has 0 amide bonds. The van der Waals surface area contributed by atoms with E-state index in [2.05, 4.69) is 111 Å². The van der Waals surface area contributed by atoms with Gasteiger partial charge in [0.25, 0.3) is 0 Å². The van der Waals surface area contributed by atoms with E-state index in [0.717, 1.165) is 18.9 Å². The summed E-state index contributed by atoms with van der Waals surface area (Å²) in [6.45, 7) is 8.69. The molecule has 36 heavy (non-hydrogen) atoms. The van der Waals surface area contributed by atoms with E-state index in [4.69, 9.17) is 12.6 Å². The van der Waals surface area contributed by atoms with Gasteiger partial charge >= 0.3 is 0 Å². The van der Waals surface area contributed by atoms with Crippen molar-refractivity contribution in [1.82, 2.24) is 4.57 Å². The van der Waals surface area contributed by atoms with Gasteiger partial charge in [0, 0.05) is 26.8 Å². The molecule has 0 N–H and O–H groups in total. The molecule has 3 nitrogen and oxygen atoms in total. The Morgan fingerprint density at radius 3 is 1.75 bits per heavy atom. The van der Waals surface area contributed by atoms with Crippen molar-refractivity contribution < 1.29 is 9.30 Å². The van der Waals surface area contributed by atoms with Crippen molar-refractivity contribution in [3.05, 3.63) is 107 Å². The first-order chi connectivity index (χ1) is 17.4. The second-order valence-electron chi connectivity index (χ2n) is 9.68. The van der Waals surface area contributed by atoms with Gasteiger partial charge in [-0.05, 0) is 66.9 Å². The smallest absolute Gasteiger partial charge is 0.166 e. The summed E-state index contributed by atoms with van der Waals surface area (Å²) in [6, 6.07) is 26.5. The van der Waals surface area contributed by atoms with Gasteiger partial charge in [0.2, 0.25) is 0 Å². The Kier molecular flexibility index (Phi) is 8.83. The molecule has 1 aliphatic rings. The monoisotopic (exact) mass is 495 g/mol. The zero-order chi connectivity index (χ0) is 25.7. The van der Waals surface area contributed by atoms with Gasteiger partial charge in [-0.2, -0.15) is 0 Å². The molecule has 1 fully saturated rings. The van der Waals surface area contributed by atoms with Crippen LogP contribution in [0.4, 0.5) is 0 Å². The van der Waals surface area contributed by atoms with Gasteiger partial charge in [0.05, 0.1) is 14.1 Å². The molecule has 2 heterocycles. The van der Waals surface area contributed by atoms with E-state index in [9.17, 15) is 0 Å². The molecule has 5 heteroatoms. The second-order valence-corrected chi connectivity index (χ2v) is 11.8. The topological polar surface area (TPSA) is 18.0 Å². The zero-order valence-corrected chi connectivity index (χ0v) is 23.1. The van der Waals surface area contributed by atoms with Crippen molar-refractivity contribution >= 4 is 32.2 Å². The van der Waals surface area contributed by atoms with E-state index in [0.29, 0.717) is 0 Å². The van der Waals surface area contributed by atoms with Crippen LogP contribution in [0.3, 0.4) is 0 Å². The van der Waals surface area contributed by atoms with Gasteiger partial charge in [0.15, 0.2) is 5.44 Å². The molecule has 185 valence electrons. The lowest BCUT2D eigenvalue weighted by Gasteiger charge is -2.30. The molecule has 0 aliphatic carbocycles. The van der Waals surface area contributed by atoms with E-state index in [1.54, 1.807) is 0 Å². The minimum absolute atomic E-state index is 0.227. The summed E-state index contributed by atoms with van der Waals surface area (Å²) in [5.41, 5.74) is 8.95. The number of aryl methyl sites for hydroxylation is 4. The highest BCUT2D eigenvalue weighted by atomic mass is 31.1. The van der Waals surface area contributed by atoms with Crippen molar-refractivity contribution in [1.29, 1.82) is 0 Å². The lowest BCUT2D eigenvalue weighted by molar-refractivity contribution is -0.652. The number of rotatable bonds is 5. The highest BCUT2D eigenvalue weighted by Crippen LogP contribution is 2.54. The molecule has 0 bridgehead atoms. The molecule has 1 aliphatic heterocycles. The number of benzene rings is 3. The van der Waals surface area contributed by atoms with Gasteiger partial charge in [0.1, 0.15) is 6.20 Å². The first-order valence-electron chi connectivity index (χ1n) is 12.7. The molecule has 1 unspecified atom stereocenters. The zero-order valence-electron chi connectivity index (χ0n) is 22.2. The van der Waals surface area contributed by atoms with Crippen LogP contribution in [0, 0.1) is 20.8 Å². The highest BCUT2D eigenvalue weighted by Gasteiger charge is 2.34. The predicted molar refractivity (Wildman–Crippen MR) is 154 cm³/mol. The average molecular weight is 495 g/mol. The van der Waals surface area contributed by atoms with E-state index in [1.165, 1.54) is 51.4 Å². The quantitative estimate of drug-likeness (QED) is 0.225. The lowest BCUT2D eigenvalue weighted by atomic mass is 10.0. The molecule has 0 spiro atoms. The summed E-state index contributed by atoms with van der Waals surface area (Å²) < 4.78 is 9.15. The van der Waals surface area contributed by atoms with Crippen LogP contribution in [0.25, 0.3) is 0 Å². The first-order valence-corrected chi connectivity index (χ1v) is 14.1. The standard InChI is InChI=1S/C27H29BN2P.C4H8O/c1-19-16-20(2)25(21(3)17-19)31(24-18-29(4)27(28)30(24)5)26(22-12-8-6-9-13-22)23-14-10-7-11-15-23;1-2-4-5-3-1/h6-18,26H,1-5H3;1-4H2. The molecule has 3 radical (unpaired) electrons. The Balaban J connectivity index is 0.000000543. The summed E-state index contributed by atoms with van der Waals surface area (Å²) in [6.07, 6.45) is 4.78. The molecule has 1 atom stereocenters. The summed E-state index contributed by atoms with van der Waals surface area (Å²) >= 11 is 0. The lowest BCUT2D eigenvalue weighted by Crippen LogP contribution is -2.45. The van der Waals surface area contributed by atoms with Crippen molar-refractivity contribution in [2.45, 2.75) is 39.3 Å². The Labute approximate surface area is 219 Å². The Morgan fingerprint density at radius 1 is 0.861 bits per heavy atom. The van der Waals surface area contributed by atoms with Gasteiger partial charge in [-0.25, -0.2) is 0 Å². The SMILES string of the molecule is C1CCOC1.[B-]c1n(C)c(P(c2c(C)cc(C)cc2C)C(c2ccccc2)c2ccccc2)c[n+]1C. The largest absolute Gasteiger partial charge is 0.458 e. The molecule has 4 aromatic rings. The van der Waals surface area contributed by atoms with Crippen molar-refractivity contribution in [3.8, 4) is 0 Å². The van der Waals surface area contributed by atoms with E-state index >= 15 is 0 Å². The van der Waals surface area contributed by atoms with E-state index in [-0.39, 0.29) is 5.66 Å². The van der Waals surface area contributed by atoms with Crippen LogP contribution >= 0.6 is 7.92 Å². The maximum atomic E-state index is 6.43. The Morgan fingerprint density at radius 2 is 1.36 bits per heavy atom. The van der Waals surface area contributed by atoms with Gasteiger partial charge < -0.3 is 12.6 Å². The summed E-state index contributed by atoms with van der Waals surface area (Å²) in [7, 11) is 9.78. The van der Waals surface area contributed by atoms with Crippen LogP contribution in [0.5, 0.6) is 0 Å². The molecule has 1 aromatic heterocycles. The summed E-state index contributed by atoms with van der Waals surface area (Å²) in [5, 5.41) is 1.44. The van der Waals surface area contributed by atoms with Crippen LogP contribution in [0.2, 0.25) is 0 Å². The predicted octanol–water partition coefficient (Wildman–Crippen LogP) is 4.59. The number of aromatic nitrogens is 2. The minimum Gasteiger partial charge on any atom is -0.458 e. The third-order valence-electron chi connectivity index (χ3n) is 6.80. The third kappa shape index (κ3) is 5.82. The number of hydrogen-bond acceptors (Lipinski definition) is 1. The van der Waals surface area contributed by atoms with Gasteiger partial charge in [-0.3, -0.25) is 9.13 Å². The first kappa shape index (κ1) is 26.4. The maximum absolute atomic E-state index is 6.43. The fourth-order valence-electron chi connectivity index (χ4n) is 5.10. The normalized spacial score (nSPS) is 14.0. The van der Waals surface area contributed by atoms with Gasteiger partial charge in [-0.15, -0.1) is 0 Å². The molecular weight excluding hydrogens is 458 g/mol. The Bertz CT molecular complexity index is 1210. The number of hydrogen-bond donors (Lipinski definition) is 0. The summed E-state index contributed by atoms with van der Waals surface area (Å²) in [4.78, 5) is 0. The van der Waals surface area contributed by atoms with Crippen molar-refractivity contribution in [2.24, 2.45) is 14.1 Å².